The molecule has 0 saturated carbocycles. The van der Waals surface area contributed by atoms with Crippen molar-refractivity contribution in [2.75, 3.05) is 4.90 Å². The summed E-state index contributed by atoms with van der Waals surface area (Å²) in [5, 5.41) is 9.94. The van der Waals surface area contributed by atoms with E-state index in [1.54, 1.807) is 0 Å². The zero-order valence-electron chi connectivity index (χ0n) is 30.6. The Hall–Kier alpha value is -7.42. The first-order chi connectivity index (χ1) is 27.8. The number of anilines is 3. The van der Waals surface area contributed by atoms with Crippen molar-refractivity contribution < 1.29 is 4.42 Å². The van der Waals surface area contributed by atoms with Crippen molar-refractivity contribution in [3.8, 4) is 33.4 Å². The predicted molar refractivity (Wildman–Crippen MR) is 237 cm³/mol. The summed E-state index contributed by atoms with van der Waals surface area (Å²) in [6.45, 7) is 0. The van der Waals surface area contributed by atoms with Crippen LogP contribution in [0.25, 0.3) is 87.6 Å². The second kappa shape index (κ2) is 13.2. The number of fused-ring (bicyclic) bond motifs is 8. The van der Waals surface area contributed by atoms with E-state index in [0.717, 1.165) is 50.1 Å². The van der Waals surface area contributed by atoms with Crippen LogP contribution in [-0.2, 0) is 0 Å². The predicted octanol–water partition coefficient (Wildman–Crippen LogP) is 15.5. The van der Waals surface area contributed by atoms with Gasteiger partial charge in [0.15, 0.2) is 0 Å². The smallest absolute Gasteiger partial charge is 0.143 e. The van der Waals surface area contributed by atoms with Gasteiger partial charge in [0.05, 0.1) is 5.69 Å². The summed E-state index contributed by atoms with van der Waals surface area (Å²) in [5.41, 5.74) is 12.0. The lowest BCUT2D eigenvalue weighted by molar-refractivity contribution is 0.670. The Kier molecular flexibility index (Phi) is 7.53. The lowest BCUT2D eigenvalue weighted by atomic mass is 9.94. The topological polar surface area (TPSA) is 16.4 Å². The molecule has 0 atom stereocenters. The normalized spacial score (nSPS) is 11.6. The van der Waals surface area contributed by atoms with Gasteiger partial charge in [-0.15, -0.1) is 0 Å². The van der Waals surface area contributed by atoms with Gasteiger partial charge in [0.1, 0.15) is 11.2 Å². The van der Waals surface area contributed by atoms with E-state index in [4.69, 9.17) is 4.42 Å². The van der Waals surface area contributed by atoms with Gasteiger partial charge in [0.25, 0.3) is 0 Å². The fraction of sp³-hybridized carbons (Fsp3) is 0. The molecule has 262 valence electrons. The highest BCUT2D eigenvalue weighted by Gasteiger charge is 2.19. The molecule has 2 nitrogen and oxygen atoms in total. The first-order valence-corrected chi connectivity index (χ1v) is 19.2. The summed E-state index contributed by atoms with van der Waals surface area (Å²) in [4.78, 5) is 2.37. The van der Waals surface area contributed by atoms with Crippen molar-refractivity contribution in [1.82, 2.24) is 0 Å². The lowest BCUT2D eigenvalue weighted by Gasteiger charge is -2.28. The molecule has 0 saturated heterocycles. The molecule has 0 aliphatic carbocycles. The highest BCUT2D eigenvalue weighted by atomic mass is 16.3. The molecule has 0 amide bonds. The third-order valence-corrected chi connectivity index (χ3v) is 11.3. The molecule has 0 N–H and O–H groups in total. The molecule has 0 spiro atoms. The number of para-hydroxylation sites is 3. The first kappa shape index (κ1) is 32.0. The molecule has 0 fully saturated rings. The maximum absolute atomic E-state index is 6.42. The molecule has 1 heterocycles. The van der Waals surface area contributed by atoms with Crippen molar-refractivity contribution in [3.63, 3.8) is 0 Å². The van der Waals surface area contributed by atoms with Crippen LogP contribution in [0.4, 0.5) is 17.1 Å². The van der Waals surface area contributed by atoms with E-state index >= 15 is 0 Å². The quantitative estimate of drug-likeness (QED) is 0.160. The Morgan fingerprint density at radius 1 is 0.321 bits per heavy atom. The van der Waals surface area contributed by atoms with E-state index < -0.39 is 0 Å². The van der Waals surface area contributed by atoms with Gasteiger partial charge in [-0.3, -0.25) is 0 Å². The Bertz CT molecular complexity index is 3230. The van der Waals surface area contributed by atoms with Gasteiger partial charge in [-0.25, -0.2) is 0 Å². The van der Waals surface area contributed by atoms with Crippen molar-refractivity contribution in [2.24, 2.45) is 0 Å². The zero-order chi connectivity index (χ0) is 37.0. The van der Waals surface area contributed by atoms with E-state index in [-0.39, 0.29) is 0 Å². The van der Waals surface area contributed by atoms with E-state index in [9.17, 15) is 0 Å². The third-order valence-electron chi connectivity index (χ3n) is 11.3. The second-order valence-corrected chi connectivity index (χ2v) is 14.5. The second-order valence-electron chi connectivity index (χ2n) is 14.5. The summed E-state index contributed by atoms with van der Waals surface area (Å²) < 4.78 is 6.42. The van der Waals surface area contributed by atoms with Crippen LogP contribution in [0.3, 0.4) is 0 Å². The zero-order valence-corrected chi connectivity index (χ0v) is 30.6. The van der Waals surface area contributed by atoms with E-state index in [1.807, 2.05) is 12.1 Å². The SMILES string of the molecule is c1ccc(-c2ccccc2N(c2ccc(-c3ccc4c(ccc5ccc6ccccc6c54)c3)cc2)c2ccc(-c3cccc4c3oc3ccccc34)cc2)cc1. The van der Waals surface area contributed by atoms with Gasteiger partial charge in [-0.2, -0.15) is 0 Å². The van der Waals surface area contributed by atoms with Gasteiger partial charge >= 0.3 is 0 Å². The Balaban J connectivity index is 1.01. The largest absolute Gasteiger partial charge is 0.455 e. The van der Waals surface area contributed by atoms with Crippen LogP contribution in [0.5, 0.6) is 0 Å². The summed E-state index contributed by atoms with van der Waals surface area (Å²) >= 11 is 0. The fourth-order valence-corrected chi connectivity index (χ4v) is 8.54. The first-order valence-electron chi connectivity index (χ1n) is 19.2. The molecule has 0 aliphatic heterocycles. The van der Waals surface area contributed by atoms with Crippen molar-refractivity contribution in [3.05, 3.63) is 212 Å². The minimum Gasteiger partial charge on any atom is -0.455 e. The van der Waals surface area contributed by atoms with E-state index in [0.29, 0.717) is 0 Å². The van der Waals surface area contributed by atoms with Gasteiger partial charge in [-0.05, 0) is 97.0 Å². The van der Waals surface area contributed by atoms with Crippen LogP contribution in [0.2, 0.25) is 0 Å². The number of furan rings is 1. The van der Waals surface area contributed by atoms with Crippen LogP contribution in [0.15, 0.2) is 217 Å². The van der Waals surface area contributed by atoms with E-state index in [1.165, 1.54) is 54.6 Å². The fourth-order valence-electron chi connectivity index (χ4n) is 8.54. The molecule has 0 bridgehead atoms. The van der Waals surface area contributed by atoms with Crippen LogP contribution in [0.1, 0.15) is 0 Å². The standard InChI is InChI=1S/C54H35NO/c1-2-11-37(12-3-1)45-14-6-8-19-51(45)55(44-32-27-39(28-33-44)48-17-10-18-50-49-16-7-9-20-52(49)56-54(48)50)43-30-25-36(26-31-43)41-29-34-47-42(35-41)24-23-40-22-21-38-13-4-5-15-46(38)53(40)47/h1-35H. The van der Waals surface area contributed by atoms with E-state index in [2.05, 4.69) is 205 Å². The maximum atomic E-state index is 6.42. The van der Waals surface area contributed by atoms with Crippen LogP contribution >= 0.6 is 0 Å². The van der Waals surface area contributed by atoms with Crippen molar-refractivity contribution in [1.29, 1.82) is 0 Å². The molecule has 11 rings (SSSR count). The van der Waals surface area contributed by atoms with Gasteiger partial charge in [0.2, 0.25) is 0 Å². The molecule has 0 unspecified atom stereocenters. The Morgan fingerprint density at radius 3 is 1.71 bits per heavy atom. The van der Waals surface area contributed by atoms with Gasteiger partial charge in [0, 0.05) is 33.3 Å². The monoisotopic (exact) mass is 713 g/mol. The maximum Gasteiger partial charge on any atom is 0.143 e. The summed E-state index contributed by atoms with van der Waals surface area (Å²) in [5.74, 6) is 0. The van der Waals surface area contributed by atoms with Gasteiger partial charge in [-0.1, -0.05) is 170 Å². The third kappa shape index (κ3) is 5.34. The molecule has 0 radical (unpaired) electrons. The summed E-state index contributed by atoms with van der Waals surface area (Å²) in [7, 11) is 0. The number of rotatable bonds is 6. The number of hydrogen-bond donors (Lipinski definition) is 0. The van der Waals surface area contributed by atoms with Crippen LogP contribution in [0, 0.1) is 0 Å². The molecular formula is C54H35NO. The average Bonchev–Trinajstić information content (AvgIpc) is 3.66. The molecule has 1 aromatic heterocycles. The lowest BCUT2D eigenvalue weighted by Crippen LogP contribution is -2.11. The van der Waals surface area contributed by atoms with Crippen LogP contribution < -0.4 is 4.90 Å². The Labute approximate surface area is 325 Å². The van der Waals surface area contributed by atoms with Gasteiger partial charge < -0.3 is 9.32 Å². The molecule has 56 heavy (non-hydrogen) atoms. The Morgan fingerprint density at radius 2 is 0.893 bits per heavy atom. The summed E-state index contributed by atoms with van der Waals surface area (Å²) in [6, 6.07) is 76.4. The molecule has 2 heteroatoms. The molecule has 10 aromatic carbocycles. The number of nitrogens with zero attached hydrogens (tertiary/aromatic N) is 1. The molecule has 0 aliphatic rings. The number of benzene rings is 10. The molecular weight excluding hydrogens is 679 g/mol. The highest BCUT2D eigenvalue weighted by Crippen LogP contribution is 2.43. The van der Waals surface area contributed by atoms with Crippen molar-refractivity contribution >= 4 is 71.3 Å². The van der Waals surface area contributed by atoms with Crippen molar-refractivity contribution in [2.45, 2.75) is 0 Å². The average molecular weight is 714 g/mol. The number of hydrogen-bond acceptors (Lipinski definition) is 2. The summed E-state index contributed by atoms with van der Waals surface area (Å²) in [6.07, 6.45) is 0. The minimum atomic E-state index is 0.907. The molecule has 11 aromatic rings. The van der Waals surface area contributed by atoms with Crippen LogP contribution in [-0.4, -0.2) is 0 Å². The highest BCUT2D eigenvalue weighted by molar-refractivity contribution is 6.20. The minimum absolute atomic E-state index is 0.907.